The van der Waals surface area contributed by atoms with Crippen LogP contribution < -0.4 is 16.5 Å². The Balaban J connectivity index is 1.88. The lowest BCUT2D eigenvalue weighted by atomic mass is 9.88. The van der Waals surface area contributed by atoms with Crippen molar-refractivity contribution in [1.82, 2.24) is 20.7 Å². The van der Waals surface area contributed by atoms with E-state index in [1.54, 1.807) is 16.0 Å². The first-order valence-corrected chi connectivity index (χ1v) is 10.5. The number of ether oxygens (including phenoxy) is 1. The van der Waals surface area contributed by atoms with Crippen molar-refractivity contribution in [3.8, 4) is 0 Å². The van der Waals surface area contributed by atoms with Crippen LogP contribution in [0.1, 0.15) is 38.3 Å². The number of amides is 3. The van der Waals surface area contributed by atoms with Gasteiger partial charge in [0.25, 0.3) is 5.91 Å². The van der Waals surface area contributed by atoms with Crippen molar-refractivity contribution in [3.05, 3.63) is 47.7 Å². The van der Waals surface area contributed by atoms with E-state index in [4.69, 9.17) is 10.5 Å². The summed E-state index contributed by atoms with van der Waals surface area (Å²) in [6, 6.07) is 9.45. The summed E-state index contributed by atoms with van der Waals surface area (Å²) in [7, 11) is 1.53. The van der Waals surface area contributed by atoms with Gasteiger partial charge >= 0.3 is 0 Å². The molecule has 3 atom stereocenters. The number of benzene rings is 1. The van der Waals surface area contributed by atoms with Crippen molar-refractivity contribution in [2.45, 2.75) is 44.4 Å². The molecule has 3 rings (SSSR count). The van der Waals surface area contributed by atoms with Crippen LogP contribution in [0.15, 0.2) is 42.1 Å². The minimum atomic E-state index is -1.22. The quantitative estimate of drug-likeness (QED) is 0.579. The first-order chi connectivity index (χ1) is 14.8. The number of carbonyl (C=O) groups excluding carboxylic acids is 3. The standard InChI is InChI=1S/C22H31N5O4/c1-15(17-7-5-4-6-8-17)27-22(21(23)30,13-19(25-27)20(29)24-3)10-9-18-14-26(16(2)28)11-12-31-18/h4-8,13,15,18,25H,9-12,14H2,1-3H3,(H2,23,30)(H,24,29)/t15-,18?,22?/m0/s1. The van der Waals surface area contributed by atoms with Crippen LogP contribution in [0.2, 0.25) is 0 Å². The van der Waals surface area contributed by atoms with Crippen LogP contribution in [-0.4, -0.2) is 66.0 Å². The summed E-state index contributed by atoms with van der Waals surface area (Å²) in [6.07, 6.45) is 2.24. The van der Waals surface area contributed by atoms with Crippen LogP contribution in [0.3, 0.4) is 0 Å². The highest BCUT2D eigenvalue weighted by molar-refractivity contribution is 5.97. The molecule has 2 aliphatic rings. The molecule has 2 aliphatic heterocycles. The number of nitrogens with zero attached hydrogens (tertiary/aromatic N) is 2. The number of nitrogens with one attached hydrogen (secondary N) is 2. The number of likely N-dealkylation sites (N-methyl/N-ethyl adjacent to an activating group) is 1. The van der Waals surface area contributed by atoms with Crippen molar-refractivity contribution >= 4 is 17.7 Å². The molecule has 0 saturated carbocycles. The molecule has 2 heterocycles. The Morgan fingerprint density at radius 1 is 1.32 bits per heavy atom. The van der Waals surface area contributed by atoms with Gasteiger partial charge in [0.2, 0.25) is 11.8 Å². The van der Waals surface area contributed by atoms with E-state index in [0.717, 1.165) is 5.56 Å². The highest BCUT2D eigenvalue weighted by atomic mass is 16.5. The lowest BCUT2D eigenvalue weighted by molar-refractivity contribution is -0.138. The minimum Gasteiger partial charge on any atom is -0.375 e. The molecule has 0 radical (unpaired) electrons. The van der Waals surface area contributed by atoms with Gasteiger partial charge < -0.3 is 26.1 Å². The Morgan fingerprint density at radius 2 is 2.03 bits per heavy atom. The molecule has 0 aromatic heterocycles. The molecule has 1 saturated heterocycles. The molecule has 31 heavy (non-hydrogen) atoms. The second-order valence-electron chi connectivity index (χ2n) is 7.99. The van der Waals surface area contributed by atoms with Crippen molar-refractivity contribution in [2.24, 2.45) is 5.73 Å². The maximum Gasteiger partial charge on any atom is 0.268 e. The van der Waals surface area contributed by atoms with Gasteiger partial charge in [0.15, 0.2) is 0 Å². The van der Waals surface area contributed by atoms with Crippen molar-refractivity contribution in [3.63, 3.8) is 0 Å². The molecule has 1 aromatic rings. The van der Waals surface area contributed by atoms with E-state index < -0.39 is 11.4 Å². The molecule has 9 nitrogen and oxygen atoms in total. The molecule has 1 fully saturated rings. The molecular formula is C22H31N5O4. The van der Waals surface area contributed by atoms with Crippen LogP contribution >= 0.6 is 0 Å². The Morgan fingerprint density at radius 3 is 2.65 bits per heavy atom. The molecule has 168 valence electrons. The Bertz CT molecular complexity index is 859. The van der Waals surface area contributed by atoms with Gasteiger partial charge in [-0.3, -0.25) is 14.4 Å². The normalized spacial score (nSPS) is 24.8. The van der Waals surface area contributed by atoms with Gasteiger partial charge in [0.05, 0.1) is 18.8 Å². The third-order valence-corrected chi connectivity index (χ3v) is 6.05. The maximum absolute atomic E-state index is 12.8. The molecule has 0 bridgehead atoms. The van der Waals surface area contributed by atoms with E-state index in [2.05, 4.69) is 10.7 Å². The second kappa shape index (κ2) is 9.49. The highest BCUT2D eigenvalue weighted by Gasteiger charge is 2.49. The number of hydrogen-bond acceptors (Lipinski definition) is 6. The lowest BCUT2D eigenvalue weighted by Gasteiger charge is -2.40. The maximum atomic E-state index is 12.8. The van der Waals surface area contributed by atoms with E-state index in [0.29, 0.717) is 32.5 Å². The number of rotatable bonds is 7. The van der Waals surface area contributed by atoms with Gasteiger partial charge in [-0.1, -0.05) is 30.3 Å². The van der Waals surface area contributed by atoms with Crippen molar-refractivity contribution in [2.75, 3.05) is 26.7 Å². The minimum absolute atomic E-state index is 0.00146. The van der Waals surface area contributed by atoms with Crippen LogP contribution in [0.25, 0.3) is 0 Å². The molecule has 2 unspecified atom stereocenters. The Hall–Kier alpha value is -2.91. The predicted octanol–water partition coefficient (Wildman–Crippen LogP) is 0.449. The summed E-state index contributed by atoms with van der Waals surface area (Å²) >= 11 is 0. The van der Waals surface area contributed by atoms with Gasteiger partial charge in [-0.05, 0) is 31.4 Å². The van der Waals surface area contributed by atoms with Crippen LogP contribution in [0.5, 0.6) is 0 Å². The zero-order chi connectivity index (χ0) is 22.6. The zero-order valence-corrected chi connectivity index (χ0v) is 18.3. The van der Waals surface area contributed by atoms with Gasteiger partial charge in [0.1, 0.15) is 11.2 Å². The fourth-order valence-electron chi connectivity index (χ4n) is 4.21. The smallest absolute Gasteiger partial charge is 0.268 e. The SMILES string of the molecule is CNC(=O)C1=CC(CCC2CN(C(C)=O)CCO2)(C(N)=O)N([C@@H](C)c2ccccc2)N1. The Labute approximate surface area is 182 Å². The van der Waals surface area contributed by atoms with E-state index >= 15 is 0 Å². The fraction of sp³-hybridized carbons (Fsp3) is 0.500. The molecule has 1 aromatic carbocycles. The number of hydrazine groups is 1. The van der Waals surface area contributed by atoms with E-state index in [1.807, 2.05) is 37.3 Å². The van der Waals surface area contributed by atoms with Gasteiger partial charge in [-0.25, -0.2) is 0 Å². The number of morpholine rings is 1. The molecule has 4 N–H and O–H groups in total. The number of carbonyl (C=O) groups is 3. The predicted molar refractivity (Wildman–Crippen MR) is 115 cm³/mol. The summed E-state index contributed by atoms with van der Waals surface area (Å²) < 4.78 is 5.83. The average molecular weight is 430 g/mol. The highest BCUT2D eigenvalue weighted by Crippen LogP contribution is 2.36. The third-order valence-electron chi connectivity index (χ3n) is 6.05. The summed E-state index contributed by atoms with van der Waals surface area (Å²) in [5.74, 6) is -0.882. The molecule has 3 amide bonds. The van der Waals surface area contributed by atoms with Crippen LogP contribution in [-0.2, 0) is 19.1 Å². The average Bonchev–Trinajstić information content (AvgIpc) is 3.18. The summed E-state index contributed by atoms with van der Waals surface area (Å²) in [5.41, 5.74) is 9.06. The summed E-state index contributed by atoms with van der Waals surface area (Å²) in [5, 5.41) is 4.34. The molecular weight excluding hydrogens is 398 g/mol. The fourth-order valence-corrected chi connectivity index (χ4v) is 4.21. The van der Waals surface area contributed by atoms with Gasteiger partial charge in [-0.15, -0.1) is 0 Å². The zero-order valence-electron chi connectivity index (χ0n) is 18.3. The van der Waals surface area contributed by atoms with Crippen molar-refractivity contribution in [1.29, 1.82) is 0 Å². The first-order valence-electron chi connectivity index (χ1n) is 10.5. The molecule has 9 heteroatoms. The molecule has 0 aliphatic carbocycles. The lowest BCUT2D eigenvalue weighted by Crippen LogP contribution is -2.58. The third kappa shape index (κ3) is 4.72. The first kappa shape index (κ1) is 22.8. The number of hydrogen-bond donors (Lipinski definition) is 3. The van der Waals surface area contributed by atoms with E-state index in [9.17, 15) is 14.4 Å². The number of primary amides is 1. The Kier molecular flexibility index (Phi) is 6.97. The van der Waals surface area contributed by atoms with Gasteiger partial charge in [-0.2, -0.15) is 5.01 Å². The van der Waals surface area contributed by atoms with Crippen LogP contribution in [0.4, 0.5) is 0 Å². The molecule has 0 spiro atoms. The summed E-state index contributed by atoms with van der Waals surface area (Å²) in [4.78, 5) is 38.7. The monoisotopic (exact) mass is 429 g/mol. The van der Waals surface area contributed by atoms with E-state index in [-0.39, 0.29) is 29.7 Å². The summed E-state index contributed by atoms with van der Waals surface area (Å²) in [6.45, 7) is 4.98. The van der Waals surface area contributed by atoms with E-state index in [1.165, 1.54) is 14.0 Å². The largest absolute Gasteiger partial charge is 0.375 e. The second-order valence-corrected chi connectivity index (χ2v) is 7.99. The number of nitrogens with two attached hydrogens (primary N) is 1. The van der Waals surface area contributed by atoms with Gasteiger partial charge in [0, 0.05) is 27.1 Å². The van der Waals surface area contributed by atoms with Crippen LogP contribution in [0, 0.1) is 0 Å². The topological polar surface area (TPSA) is 117 Å². The van der Waals surface area contributed by atoms with Crippen molar-refractivity contribution < 1.29 is 19.1 Å².